The van der Waals surface area contributed by atoms with Crippen molar-refractivity contribution in [3.05, 3.63) is 41.6 Å². The molecule has 0 aliphatic heterocycles. The molecular weight excluding hydrogens is 240 g/mol. The molecule has 1 aromatic carbocycles. The average Bonchev–Trinajstić information content (AvgIpc) is 2.66. The lowest BCUT2D eigenvalue weighted by atomic mass is 10.00. The molecule has 0 aliphatic carbocycles. The molecule has 3 N–H and O–H groups in total. The van der Waals surface area contributed by atoms with Crippen LogP contribution in [0, 0.1) is 6.92 Å². The van der Waals surface area contributed by atoms with Crippen molar-refractivity contribution in [2.24, 2.45) is 7.05 Å². The number of amides is 1. The van der Waals surface area contributed by atoms with Crippen LogP contribution in [0.25, 0.3) is 0 Å². The number of hydrogen-bond acceptors (Lipinski definition) is 3. The number of rotatable bonds is 3. The fraction of sp³-hybridized carbons (Fsp3) is 0.286. The molecule has 1 atom stereocenters. The summed E-state index contributed by atoms with van der Waals surface area (Å²) in [5.41, 5.74) is 8.16. The number of benzene rings is 1. The second-order valence-electron chi connectivity index (χ2n) is 4.68. The molecule has 1 aromatic heterocycles. The first-order valence-electron chi connectivity index (χ1n) is 6.14. The van der Waals surface area contributed by atoms with Crippen LogP contribution < -0.4 is 11.1 Å². The van der Waals surface area contributed by atoms with Gasteiger partial charge in [-0.15, -0.1) is 0 Å². The van der Waals surface area contributed by atoms with Crippen LogP contribution in [-0.4, -0.2) is 15.7 Å². The number of nitrogen functional groups attached to an aromatic ring is 1. The predicted molar refractivity (Wildman–Crippen MR) is 75.8 cm³/mol. The molecule has 0 radical (unpaired) electrons. The first kappa shape index (κ1) is 13.1. The Kier molecular flexibility index (Phi) is 3.55. The molecule has 5 heteroatoms. The van der Waals surface area contributed by atoms with Crippen molar-refractivity contribution in [2.75, 3.05) is 11.1 Å². The number of aromatic nitrogens is 2. The molecule has 2 rings (SSSR count). The number of nitrogens with two attached hydrogens (primary N) is 1. The van der Waals surface area contributed by atoms with Crippen LogP contribution in [0.15, 0.2) is 30.3 Å². The van der Waals surface area contributed by atoms with Gasteiger partial charge in [-0.1, -0.05) is 12.1 Å². The molecule has 19 heavy (non-hydrogen) atoms. The van der Waals surface area contributed by atoms with Gasteiger partial charge in [-0.05, 0) is 31.5 Å². The minimum absolute atomic E-state index is 0.0754. The Balaban J connectivity index is 2.14. The number of hydrogen-bond donors (Lipinski definition) is 2. The Bertz CT molecular complexity index is 603. The van der Waals surface area contributed by atoms with Gasteiger partial charge in [0, 0.05) is 18.8 Å². The van der Waals surface area contributed by atoms with Gasteiger partial charge in [0.15, 0.2) is 0 Å². The Morgan fingerprint density at radius 2 is 2.16 bits per heavy atom. The second kappa shape index (κ2) is 5.14. The summed E-state index contributed by atoms with van der Waals surface area (Å²) in [6.07, 6.45) is 0. The summed E-state index contributed by atoms with van der Waals surface area (Å²) in [4.78, 5) is 12.2. The zero-order valence-corrected chi connectivity index (χ0v) is 11.3. The van der Waals surface area contributed by atoms with Gasteiger partial charge in [0.25, 0.3) is 0 Å². The molecule has 2 aromatic rings. The molecule has 1 amide bonds. The Labute approximate surface area is 112 Å². The van der Waals surface area contributed by atoms with Crippen molar-refractivity contribution in [1.82, 2.24) is 9.78 Å². The maximum absolute atomic E-state index is 12.2. The van der Waals surface area contributed by atoms with Crippen molar-refractivity contribution < 1.29 is 4.79 Å². The minimum atomic E-state index is -0.265. The molecule has 5 nitrogen and oxygen atoms in total. The second-order valence-corrected chi connectivity index (χ2v) is 4.68. The molecule has 1 heterocycles. The highest BCUT2D eigenvalue weighted by molar-refractivity contribution is 5.95. The number of aryl methyl sites for hydroxylation is 2. The number of anilines is 2. The highest BCUT2D eigenvalue weighted by atomic mass is 16.2. The molecule has 100 valence electrons. The van der Waals surface area contributed by atoms with Gasteiger partial charge < -0.3 is 11.1 Å². The van der Waals surface area contributed by atoms with E-state index in [-0.39, 0.29) is 11.8 Å². The SMILES string of the molecule is Cc1cc(NC(=O)C(C)c2cccc(N)c2)n(C)n1. The van der Waals surface area contributed by atoms with Crippen LogP contribution in [0.5, 0.6) is 0 Å². The van der Waals surface area contributed by atoms with Gasteiger partial charge in [-0.25, -0.2) is 0 Å². The third-order valence-electron chi connectivity index (χ3n) is 3.06. The van der Waals surface area contributed by atoms with Crippen molar-refractivity contribution in [1.29, 1.82) is 0 Å². The molecule has 0 saturated heterocycles. The van der Waals surface area contributed by atoms with E-state index < -0.39 is 0 Å². The summed E-state index contributed by atoms with van der Waals surface area (Å²) in [5, 5.41) is 7.06. The first-order chi connectivity index (χ1) is 8.97. The standard InChI is InChI=1S/C14H18N4O/c1-9-7-13(18(3)17-9)16-14(19)10(2)11-5-4-6-12(15)8-11/h4-8,10H,15H2,1-3H3,(H,16,19). The maximum Gasteiger partial charge on any atom is 0.232 e. The molecular formula is C14H18N4O. The summed E-state index contributed by atoms with van der Waals surface area (Å²) in [5.74, 6) is 0.352. The fourth-order valence-corrected chi connectivity index (χ4v) is 1.94. The summed E-state index contributed by atoms with van der Waals surface area (Å²) in [7, 11) is 1.80. The Morgan fingerprint density at radius 1 is 1.42 bits per heavy atom. The van der Waals surface area contributed by atoms with Gasteiger partial charge in [0.1, 0.15) is 5.82 Å². The summed E-state index contributed by atoms with van der Waals surface area (Å²) in [6.45, 7) is 3.74. The molecule has 0 saturated carbocycles. The van der Waals surface area contributed by atoms with Crippen molar-refractivity contribution >= 4 is 17.4 Å². The number of carbonyl (C=O) groups is 1. The summed E-state index contributed by atoms with van der Waals surface area (Å²) >= 11 is 0. The molecule has 0 aliphatic rings. The molecule has 0 spiro atoms. The van der Waals surface area contributed by atoms with Gasteiger partial charge in [0.05, 0.1) is 11.6 Å². The van der Waals surface area contributed by atoms with Crippen LogP contribution in [0.4, 0.5) is 11.5 Å². The predicted octanol–water partition coefficient (Wildman–Crippen LogP) is 2.05. The van der Waals surface area contributed by atoms with E-state index in [1.54, 1.807) is 17.8 Å². The van der Waals surface area contributed by atoms with Crippen LogP contribution >= 0.6 is 0 Å². The quantitative estimate of drug-likeness (QED) is 0.828. The summed E-state index contributed by atoms with van der Waals surface area (Å²) in [6, 6.07) is 9.21. The number of nitrogens with one attached hydrogen (secondary N) is 1. The lowest BCUT2D eigenvalue weighted by Crippen LogP contribution is -2.20. The van der Waals surface area contributed by atoms with E-state index in [1.807, 2.05) is 38.1 Å². The van der Waals surface area contributed by atoms with Gasteiger partial charge in [0.2, 0.25) is 5.91 Å². The van der Waals surface area contributed by atoms with E-state index in [1.165, 1.54) is 0 Å². The van der Waals surface area contributed by atoms with Crippen LogP contribution in [0.3, 0.4) is 0 Å². The highest BCUT2D eigenvalue weighted by Gasteiger charge is 2.16. The van der Waals surface area contributed by atoms with E-state index in [0.29, 0.717) is 11.5 Å². The smallest absolute Gasteiger partial charge is 0.232 e. The lowest BCUT2D eigenvalue weighted by Gasteiger charge is -2.13. The Morgan fingerprint density at radius 3 is 2.74 bits per heavy atom. The van der Waals surface area contributed by atoms with E-state index in [9.17, 15) is 4.79 Å². The van der Waals surface area contributed by atoms with E-state index >= 15 is 0 Å². The van der Waals surface area contributed by atoms with Crippen LogP contribution in [0.2, 0.25) is 0 Å². The highest BCUT2D eigenvalue weighted by Crippen LogP contribution is 2.20. The summed E-state index contributed by atoms with van der Waals surface area (Å²) < 4.78 is 1.65. The van der Waals surface area contributed by atoms with Crippen molar-refractivity contribution in [2.45, 2.75) is 19.8 Å². The normalized spacial score (nSPS) is 12.2. The number of nitrogens with zero attached hydrogens (tertiary/aromatic N) is 2. The maximum atomic E-state index is 12.2. The van der Waals surface area contributed by atoms with Crippen LogP contribution in [0.1, 0.15) is 24.1 Å². The molecule has 0 fully saturated rings. The fourth-order valence-electron chi connectivity index (χ4n) is 1.94. The monoisotopic (exact) mass is 258 g/mol. The lowest BCUT2D eigenvalue weighted by molar-refractivity contribution is -0.117. The van der Waals surface area contributed by atoms with Gasteiger partial charge >= 0.3 is 0 Å². The third-order valence-corrected chi connectivity index (χ3v) is 3.06. The zero-order valence-electron chi connectivity index (χ0n) is 11.3. The van der Waals surface area contributed by atoms with E-state index in [0.717, 1.165) is 11.3 Å². The average molecular weight is 258 g/mol. The zero-order chi connectivity index (χ0) is 14.0. The first-order valence-corrected chi connectivity index (χ1v) is 6.14. The van der Waals surface area contributed by atoms with Gasteiger partial charge in [-0.3, -0.25) is 9.48 Å². The van der Waals surface area contributed by atoms with E-state index in [2.05, 4.69) is 10.4 Å². The Hall–Kier alpha value is -2.30. The number of carbonyl (C=O) groups excluding carboxylic acids is 1. The molecule has 1 unspecified atom stereocenters. The minimum Gasteiger partial charge on any atom is -0.399 e. The largest absolute Gasteiger partial charge is 0.399 e. The topological polar surface area (TPSA) is 72.9 Å². The van der Waals surface area contributed by atoms with Crippen molar-refractivity contribution in [3.63, 3.8) is 0 Å². The van der Waals surface area contributed by atoms with Crippen LogP contribution in [-0.2, 0) is 11.8 Å². The molecule has 0 bridgehead atoms. The van der Waals surface area contributed by atoms with Crippen molar-refractivity contribution in [3.8, 4) is 0 Å². The van der Waals surface area contributed by atoms with Gasteiger partial charge in [-0.2, -0.15) is 5.10 Å². The third kappa shape index (κ3) is 2.93. The van der Waals surface area contributed by atoms with E-state index in [4.69, 9.17) is 5.73 Å².